The van der Waals surface area contributed by atoms with Gasteiger partial charge in [-0.1, -0.05) is 12.1 Å². The van der Waals surface area contributed by atoms with Gasteiger partial charge in [-0.3, -0.25) is 14.3 Å². The summed E-state index contributed by atoms with van der Waals surface area (Å²) in [7, 11) is 0. The zero-order valence-electron chi connectivity index (χ0n) is 14.6. The third kappa shape index (κ3) is 3.59. The summed E-state index contributed by atoms with van der Waals surface area (Å²) < 4.78 is 44.3. The number of aromatic nitrogens is 4. The number of amides is 1. The van der Waals surface area contributed by atoms with E-state index in [9.17, 15) is 18.0 Å². The fraction of sp³-hybridized carbons (Fsp3) is 0.0526. The minimum Gasteiger partial charge on any atom is -0.435 e. The van der Waals surface area contributed by atoms with Crippen molar-refractivity contribution >= 4 is 16.9 Å². The van der Waals surface area contributed by atoms with Gasteiger partial charge in [-0.15, -0.1) is 0 Å². The fourth-order valence-electron chi connectivity index (χ4n) is 2.89. The van der Waals surface area contributed by atoms with Crippen molar-refractivity contribution in [1.29, 1.82) is 0 Å². The molecule has 0 aliphatic heterocycles. The molecule has 3 aromatic heterocycles. The minimum absolute atomic E-state index is 0.0230. The van der Waals surface area contributed by atoms with Crippen molar-refractivity contribution in [2.75, 3.05) is 0 Å². The standard InChI is InChI=1S/C19H12F3N5O2/c20-12-7-25-19(26-8-12)27-9-14(10-2-1-3-13(4-10)29-18(21)22)16-15(27)5-11(6-24-16)17(23)28/h1-9,18H,(H2,23,28). The Morgan fingerprint density at radius 2 is 1.86 bits per heavy atom. The van der Waals surface area contributed by atoms with Crippen LogP contribution in [0.4, 0.5) is 13.2 Å². The Balaban J connectivity index is 1.93. The number of hydrogen-bond donors (Lipinski definition) is 1. The van der Waals surface area contributed by atoms with Crippen molar-refractivity contribution in [3.8, 4) is 22.8 Å². The van der Waals surface area contributed by atoms with Gasteiger partial charge >= 0.3 is 6.61 Å². The number of pyridine rings is 1. The summed E-state index contributed by atoms with van der Waals surface area (Å²) in [4.78, 5) is 23.8. The van der Waals surface area contributed by atoms with Crippen molar-refractivity contribution in [2.24, 2.45) is 5.73 Å². The number of carbonyl (C=O) groups excluding carboxylic acids is 1. The van der Waals surface area contributed by atoms with E-state index < -0.39 is 18.3 Å². The third-order valence-corrected chi connectivity index (χ3v) is 4.12. The number of hydrogen-bond acceptors (Lipinski definition) is 5. The predicted octanol–water partition coefficient (Wildman–Crippen LogP) is 3.32. The Hall–Kier alpha value is -3.95. The fourth-order valence-corrected chi connectivity index (χ4v) is 2.89. The SMILES string of the molecule is NC(=O)c1cnc2c(-c3cccc(OC(F)F)c3)cn(-c3ncc(F)cn3)c2c1. The lowest BCUT2D eigenvalue weighted by Gasteiger charge is -2.06. The number of nitrogens with zero attached hydrogens (tertiary/aromatic N) is 4. The second-order valence-electron chi connectivity index (χ2n) is 5.98. The van der Waals surface area contributed by atoms with Crippen molar-refractivity contribution in [3.05, 3.63) is 66.5 Å². The summed E-state index contributed by atoms with van der Waals surface area (Å²) in [6, 6.07) is 7.58. The van der Waals surface area contributed by atoms with E-state index in [0.29, 0.717) is 22.2 Å². The normalized spacial score (nSPS) is 11.2. The highest BCUT2D eigenvalue weighted by molar-refractivity contribution is 5.99. The molecule has 0 unspecified atom stereocenters. The topological polar surface area (TPSA) is 95.9 Å². The molecule has 0 spiro atoms. The largest absolute Gasteiger partial charge is 0.435 e. The van der Waals surface area contributed by atoms with Crippen LogP contribution in [0.25, 0.3) is 28.1 Å². The lowest BCUT2D eigenvalue weighted by atomic mass is 10.1. The second kappa shape index (κ2) is 7.23. The summed E-state index contributed by atoms with van der Waals surface area (Å²) in [5.74, 6) is -1.18. The molecule has 0 bridgehead atoms. The van der Waals surface area contributed by atoms with Gasteiger partial charge in [0.25, 0.3) is 0 Å². The summed E-state index contributed by atoms with van der Waals surface area (Å²) in [6.45, 7) is -2.96. The molecule has 0 atom stereocenters. The summed E-state index contributed by atoms with van der Waals surface area (Å²) in [5.41, 5.74) is 7.45. The first-order chi connectivity index (χ1) is 13.9. The van der Waals surface area contributed by atoms with Crippen molar-refractivity contribution in [1.82, 2.24) is 19.5 Å². The first-order valence-corrected chi connectivity index (χ1v) is 8.26. The quantitative estimate of drug-likeness (QED) is 0.555. The smallest absolute Gasteiger partial charge is 0.387 e. The molecule has 3 heterocycles. The van der Waals surface area contributed by atoms with E-state index >= 15 is 0 Å². The molecular weight excluding hydrogens is 387 g/mol. The molecule has 1 aromatic carbocycles. The van der Waals surface area contributed by atoms with E-state index in [1.807, 2.05) is 0 Å². The van der Waals surface area contributed by atoms with Gasteiger partial charge in [0, 0.05) is 18.0 Å². The Kier molecular flexibility index (Phi) is 4.59. The Labute approximate surface area is 161 Å². The molecule has 4 rings (SSSR count). The van der Waals surface area contributed by atoms with E-state index in [0.717, 1.165) is 12.4 Å². The van der Waals surface area contributed by atoms with Gasteiger partial charge in [0.05, 0.1) is 29.0 Å². The Morgan fingerprint density at radius 1 is 1.10 bits per heavy atom. The minimum atomic E-state index is -2.96. The van der Waals surface area contributed by atoms with E-state index in [-0.39, 0.29) is 17.3 Å². The number of alkyl halides is 2. The van der Waals surface area contributed by atoms with E-state index in [2.05, 4.69) is 19.7 Å². The molecule has 146 valence electrons. The van der Waals surface area contributed by atoms with Gasteiger partial charge in [0.15, 0.2) is 5.82 Å². The molecule has 1 amide bonds. The Bertz CT molecular complexity index is 1210. The van der Waals surface area contributed by atoms with Crippen molar-refractivity contribution in [3.63, 3.8) is 0 Å². The number of benzene rings is 1. The maximum atomic E-state index is 13.2. The van der Waals surface area contributed by atoms with E-state index in [4.69, 9.17) is 5.73 Å². The highest BCUT2D eigenvalue weighted by Crippen LogP contribution is 2.33. The summed E-state index contributed by atoms with van der Waals surface area (Å²) in [5, 5.41) is 0. The van der Waals surface area contributed by atoms with Gasteiger partial charge in [0.1, 0.15) is 5.75 Å². The monoisotopic (exact) mass is 399 g/mol. The van der Waals surface area contributed by atoms with Crippen LogP contribution in [0.2, 0.25) is 0 Å². The van der Waals surface area contributed by atoms with Crippen LogP contribution >= 0.6 is 0 Å². The molecular formula is C19H12F3N5O2. The number of ether oxygens (including phenoxy) is 1. The van der Waals surface area contributed by atoms with Crippen LogP contribution in [0.1, 0.15) is 10.4 Å². The van der Waals surface area contributed by atoms with E-state index in [1.165, 1.54) is 29.0 Å². The van der Waals surface area contributed by atoms with Crippen LogP contribution < -0.4 is 10.5 Å². The number of halogens is 3. The van der Waals surface area contributed by atoms with Gasteiger partial charge in [-0.05, 0) is 23.8 Å². The molecule has 0 aliphatic carbocycles. The number of carbonyl (C=O) groups is 1. The second-order valence-corrected chi connectivity index (χ2v) is 5.98. The van der Waals surface area contributed by atoms with Crippen LogP contribution in [-0.4, -0.2) is 32.0 Å². The maximum Gasteiger partial charge on any atom is 0.387 e. The molecule has 4 aromatic rings. The first-order valence-electron chi connectivity index (χ1n) is 8.26. The summed E-state index contributed by atoms with van der Waals surface area (Å²) >= 11 is 0. The van der Waals surface area contributed by atoms with Crippen molar-refractivity contribution < 1.29 is 22.7 Å². The summed E-state index contributed by atoms with van der Waals surface area (Å²) in [6.07, 6.45) is 4.91. The molecule has 0 radical (unpaired) electrons. The van der Waals surface area contributed by atoms with Crippen molar-refractivity contribution in [2.45, 2.75) is 6.61 Å². The predicted molar refractivity (Wildman–Crippen MR) is 97.2 cm³/mol. The van der Waals surface area contributed by atoms with Crippen LogP contribution in [0.15, 0.2) is 55.1 Å². The Morgan fingerprint density at radius 3 is 2.55 bits per heavy atom. The zero-order valence-corrected chi connectivity index (χ0v) is 14.6. The van der Waals surface area contributed by atoms with Gasteiger partial charge in [0.2, 0.25) is 11.9 Å². The zero-order chi connectivity index (χ0) is 20.5. The number of primary amides is 1. The van der Waals surface area contributed by atoms with Crippen LogP contribution in [0, 0.1) is 5.82 Å². The molecule has 0 saturated heterocycles. The third-order valence-electron chi connectivity index (χ3n) is 4.12. The molecule has 7 nitrogen and oxygen atoms in total. The average Bonchev–Trinajstić information content (AvgIpc) is 3.07. The number of nitrogens with two attached hydrogens (primary N) is 1. The van der Waals surface area contributed by atoms with Crippen LogP contribution in [-0.2, 0) is 0 Å². The maximum absolute atomic E-state index is 13.2. The molecule has 10 heteroatoms. The molecule has 0 aliphatic rings. The first kappa shape index (κ1) is 18.4. The molecule has 2 N–H and O–H groups in total. The lowest BCUT2D eigenvalue weighted by Crippen LogP contribution is -2.11. The molecule has 0 fully saturated rings. The number of rotatable bonds is 5. The van der Waals surface area contributed by atoms with Gasteiger partial charge in [-0.25, -0.2) is 14.4 Å². The van der Waals surface area contributed by atoms with Crippen LogP contribution in [0.3, 0.4) is 0 Å². The van der Waals surface area contributed by atoms with E-state index in [1.54, 1.807) is 18.3 Å². The average molecular weight is 399 g/mol. The highest BCUT2D eigenvalue weighted by atomic mass is 19.3. The molecule has 0 saturated carbocycles. The van der Waals surface area contributed by atoms with Gasteiger partial charge in [-0.2, -0.15) is 8.78 Å². The number of fused-ring (bicyclic) bond motifs is 1. The van der Waals surface area contributed by atoms with Gasteiger partial charge < -0.3 is 10.5 Å². The molecule has 29 heavy (non-hydrogen) atoms. The lowest BCUT2D eigenvalue weighted by molar-refractivity contribution is -0.0498. The van der Waals surface area contributed by atoms with Crippen LogP contribution in [0.5, 0.6) is 5.75 Å². The highest BCUT2D eigenvalue weighted by Gasteiger charge is 2.17.